The first-order chi connectivity index (χ1) is 8.79. The summed E-state index contributed by atoms with van der Waals surface area (Å²) in [6.45, 7) is 8.58. The van der Waals surface area contributed by atoms with Crippen molar-refractivity contribution in [2.75, 3.05) is 6.54 Å². The zero-order valence-corrected chi connectivity index (χ0v) is 11.9. The lowest BCUT2D eigenvalue weighted by molar-refractivity contribution is -0.138. The van der Waals surface area contributed by atoms with E-state index in [1.165, 1.54) is 12.1 Å². The molecule has 0 amide bonds. The summed E-state index contributed by atoms with van der Waals surface area (Å²) in [6.07, 6.45) is -4.30. The minimum absolute atomic E-state index is 0.00787. The number of hydrogen-bond donors (Lipinski definition) is 1. The number of benzene rings is 1. The summed E-state index contributed by atoms with van der Waals surface area (Å²) in [5.74, 6) is -0.0182. The van der Waals surface area contributed by atoms with E-state index in [-0.39, 0.29) is 17.9 Å². The first-order valence-corrected chi connectivity index (χ1v) is 6.68. The van der Waals surface area contributed by atoms with Gasteiger partial charge in [0.1, 0.15) is 0 Å². The van der Waals surface area contributed by atoms with Gasteiger partial charge in [0.15, 0.2) is 0 Å². The summed E-state index contributed by atoms with van der Waals surface area (Å²) in [4.78, 5) is 0. The summed E-state index contributed by atoms with van der Waals surface area (Å²) in [5, 5.41) is 3.24. The normalized spacial score (nSPS) is 15.6. The van der Waals surface area contributed by atoms with Crippen LogP contribution in [-0.2, 0) is 6.18 Å². The van der Waals surface area contributed by atoms with Crippen molar-refractivity contribution in [3.05, 3.63) is 35.4 Å². The average Bonchev–Trinajstić information content (AvgIpc) is 2.28. The number of nitrogens with one attached hydrogen (secondary N) is 1. The third-order valence-electron chi connectivity index (χ3n) is 3.41. The van der Waals surface area contributed by atoms with Gasteiger partial charge in [0, 0.05) is 12.0 Å². The van der Waals surface area contributed by atoms with E-state index in [9.17, 15) is 13.2 Å². The van der Waals surface area contributed by atoms with Gasteiger partial charge in [-0.2, -0.15) is 13.2 Å². The predicted molar refractivity (Wildman–Crippen MR) is 72.2 cm³/mol. The van der Waals surface area contributed by atoms with Crippen molar-refractivity contribution in [3.63, 3.8) is 0 Å². The first-order valence-electron chi connectivity index (χ1n) is 6.68. The van der Waals surface area contributed by atoms with E-state index in [1.807, 2.05) is 27.7 Å². The van der Waals surface area contributed by atoms with Crippen LogP contribution in [-0.4, -0.2) is 12.6 Å². The van der Waals surface area contributed by atoms with Gasteiger partial charge in [0.2, 0.25) is 0 Å². The van der Waals surface area contributed by atoms with Gasteiger partial charge in [-0.25, -0.2) is 0 Å². The molecule has 1 aromatic carbocycles. The van der Waals surface area contributed by atoms with Crippen molar-refractivity contribution in [3.8, 4) is 0 Å². The number of alkyl halides is 3. The Morgan fingerprint density at radius 2 is 1.68 bits per heavy atom. The number of halogens is 3. The molecule has 108 valence electrons. The SMILES string of the molecule is CCNC(C)C(c1ccccc1C(F)(F)F)C(C)C. The molecule has 1 rings (SSSR count). The molecule has 1 N–H and O–H groups in total. The second-order valence-corrected chi connectivity index (χ2v) is 5.20. The van der Waals surface area contributed by atoms with Crippen LogP contribution in [0, 0.1) is 5.92 Å². The molecule has 0 saturated heterocycles. The zero-order chi connectivity index (χ0) is 14.6. The van der Waals surface area contributed by atoms with Gasteiger partial charge in [-0.3, -0.25) is 0 Å². The van der Waals surface area contributed by atoms with Crippen molar-refractivity contribution in [2.45, 2.75) is 45.8 Å². The van der Waals surface area contributed by atoms with E-state index in [2.05, 4.69) is 5.32 Å². The topological polar surface area (TPSA) is 12.0 Å². The van der Waals surface area contributed by atoms with E-state index >= 15 is 0 Å². The summed E-state index contributed by atoms with van der Waals surface area (Å²) >= 11 is 0. The van der Waals surface area contributed by atoms with Crippen molar-refractivity contribution in [1.82, 2.24) is 5.32 Å². The maximum Gasteiger partial charge on any atom is 0.416 e. The fourth-order valence-corrected chi connectivity index (χ4v) is 2.70. The van der Waals surface area contributed by atoms with Crippen LogP contribution in [0.3, 0.4) is 0 Å². The summed E-state index contributed by atoms with van der Waals surface area (Å²) in [5.41, 5.74) is -0.128. The highest BCUT2D eigenvalue weighted by molar-refractivity contribution is 5.34. The summed E-state index contributed by atoms with van der Waals surface area (Å²) < 4.78 is 39.3. The Labute approximate surface area is 113 Å². The van der Waals surface area contributed by atoms with Crippen molar-refractivity contribution < 1.29 is 13.2 Å². The number of hydrogen-bond acceptors (Lipinski definition) is 1. The molecule has 0 spiro atoms. The lowest BCUT2D eigenvalue weighted by Crippen LogP contribution is -2.35. The molecule has 0 heterocycles. The van der Waals surface area contributed by atoms with Crippen molar-refractivity contribution in [1.29, 1.82) is 0 Å². The molecule has 2 atom stereocenters. The van der Waals surface area contributed by atoms with E-state index in [0.29, 0.717) is 5.56 Å². The molecule has 0 bridgehead atoms. The molecule has 4 heteroatoms. The Morgan fingerprint density at radius 3 is 2.16 bits per heavy atom. The lowest BCUT2D eigenvalue weighted by atomic mass is 9.80. The van der Waals surface area contributed by atoms with Gasteiger partial charge in [0.25, 0.3) is 0 Å². The van der Waals surface area contributed by atoms with Crippen LogP contribution in [0.5, 0.6) is 0 Å². The fourth-order valence-electron chi connectivity index (χ4n) is 2.70. The minimum atomic E-state index is -4.30. The lowest BCUT2D eigenvalue weighted by Gasteiger charge is -2.30. The molecule has 0 radical (unpaired) electrons. The zero-order valence-electron chi connectivity index (χ0n) is 11.9. The largest absolute Gasteiger partial charge is 0.416 e. The van der Waals surface area contributed by atoms with Crippen LogP contribution in [0.2, 0.25) is 0 Å². The van der Waals surface area contributed by atoms with E-state index in [1.54, 1.807) is 12.1 Å². The Hall–Kier alpha value is -1.03. The molecule has 0 aliphatic rings. The standard InChI is InChI=1S/C15H22F3N/c1-5-19-11(4)14(10(2)3)12-8-6-7-9-13(12)15(16,17)18/h6-11,14,19H,5H2,1-4H3. The van der Waals surface area contributed by atoms with E-state index in [4.69, 9.17) is 0 Å². The second-order valence-electron chi connectivity index (χ2n) is 5.20. The number of rotatable bonds is 5. The van der Waals surface area contributed by atoms with Crippen LogP contribution in [0.25, 0.3) is 0 Å². The minimum Gasteiger partial charge on any atom is -0.314 e. The van der Waals surface area contributed by atoms with Gasteiger partial charge in [-0.05, 0) is 31.0 Å². The van der Waals surface area contributed by atoms with Crippen LogP contribution in [0.1, 0.15) is 44.7 Å². The Morgan fingerprint density at radius 1 is 1.11 bits per heavy atom. The molecular weight excluding hydrogens is 251 g/mol. The van der Waals surface area contributed by atoms with E-state index < -0.39 is 11.7 Å². The van der Waals surface area contributed by atoms with Crippen LogP contribution in [0.15, 0.2) is 24.3 Å². The highest BCUT2D eigenvalue weighted by Gasteiger charge is 2.36. The maximum atomic E-state index is 13.1. The van der Waals surface area contributed by atoms with E-state index in [0.717, 1.165) is 6.54 Å². The summed E-state index contributed by atoms with van der Waals surface area (Å²) in [6, 6.07) is 5.90. The van der Waals surface area contributed by atoms with Crippen molar-refractivity contribution >= 4 is 0 Å². The predicted octanol–water partition coefficient (Wildman–Crippen LogP) is 4.44. The Bertz CT molecular complexity index is 399. The smallest absolute Gasteiger partial charge is 0.314 e. The Balaban J connectivity index is 3.24. The fraction of sp³-hybridized carbons (Fsp3) is 0.600. The Kier molecular flexibility index (Phi) is 5.41. The molecule has 0 aliphatic carbocycles. The van der Waals surface area contributed by atoms with Gasteiger partial charge < -0.3 is 5.32 Å². The molecular formula is C15H22F3N. The molecule has 1 nitrogen and oxygen atoms in total. The molecule has 0 saturated carbocycles. The molecule has 19 heavy (non-hydrogen) atoms. The van der Waals surface area contributed by atoms with Crippen LogP contribution in [0.4, 0.5) is 13.2 Å². The average molecular weight is 273 g/mol. The van der Waals surface area contributed by atoms with Gasteiger partial charge in [-0.1, -0.05) is 39.0 Å². The first kappa shape index (κ1) is 16.0. The molecule has 0 fully saturated rings. The highest BCUT2D eigenvalue weighted by atomic mass is 19.4. The third-order valence-corrected chi connectivity index (χ3v) is 3.41. The maximum absolute atomic E-state index is 13.1. The third kappa shape index (κ3) is 3.96. The quantitative estimate of drug-likeness (QED) is 0.836. The molecule has 0 aliphatic heterocycles. The van der Waals surface area contributed by atoms with Gasteiger partial charge >= 0.3 is 6.18 Å². The van der Waals surface area contributed by atoms with Crippen LogP contribution >= 0.6 is 0 Å². The number of likely N-dealkylation sites (N-methyl/N-ethyl adjacent to an activating group) is 1. The highest BCUT2D eigenvalue weighted by Crippen LogP contribution is 2.38. The monoisotopic (exact) mass is 273 g/mol. The van der Waals surface area contributed by atoms with Crippen LogP contribution < -0.4 is 5.32 Å². The van der Waals surface area contributed by atoms with Gasteiger partial charge in [-0.15, -0.1) is 0 Å². The molecule has 1 aromatic rings. The molecule has 0 aromatic heterocycles. The summed E-state index contributed by atoms with van der Waals surface area (Å²) in [7, 11) is 0. The van der Waals surface area contributed by atoms with Crippen molar-refractivity contribution in [2.24, 2.45) is 5.92 Å². The second kappa shape index (κ2) is 6.42. The molecule has 2 unspecified atom stereocenters. The van der Waals surface area contributed by atoms with Gasteiger partial charge in [0.05, 0.1) is 5.56 Å².